The lowest BCUT2D eigenvalue weighted by atomic mass is 10.0. The number of nitrogens with zero attached hydrogens (tertiary/aromatic N) is 1. The van der Waals surface area contributed by atoms with E-state index in [1.165, 1.54) is 0 Å². The van der Waals surface area contributed by atoms with Gasteiger partial charge < -0.3 is 20.1 Å². The van der Waals surface area contributed by atoms with Crippen LogP contribution in [0.2, 0.25) is 0 Å². The highest BCUT2D eigenvalue weighted by atomic mass is 35.5. The fraction of sp³-hybridized carbons (Fsp3) is 0.0769. The Morgan fingerprint density at radius 1 is 0.818 bits per heavy atom. The van der Waals surface area contributed by atoms with Gasteiger partial charge in [0.25, 0.3) is 5.91 Å². The lowest BCUT2D eigenvalue weighted by Crippen LogP contribution is -2.11. The van der Waals surface area contributed by atoms with Crippen LogP contribution in [0.3, 0.4) is 0 Å². The van der Waals surface area contributed by atoms with Crippen molar-refractivity contribution in [3.8, 4) is 28.5 Å². The van der Waals surface area contributed by atoms with Crippen molar-refractivity contribution >= 4 is 29.7 Å². The smallest absolute Gasteiger partial charge is 0.255 e. The van der Waals surface area contributed by atoms with Crippen molar-refractivity contribution in [2.24, 2.45) is 0 Å². The summed E-state index contributed by atoms with van der Waals surface area (Å²) in [5.74, 6) is 1.33. The molecule has 0 aliphatic heterocycles. The number of carbonyl (C=O) groups excluding carboxylic acids is 1. The quantitative estimate of drug-likeness (QED) is 0.339. The second kappa shape index (κ2) is 11.0. The minimum Gasteiger partial charge on any atom is -0.493 e. The van der Waals surface area contributed by atoms with Crippen LogP contribution in [-0.2, 0) is 0 Å². The Kier molecular flexibility index (Phi) is 7.89. The number of hydrogen-bond acceptors (Lipinski definition) is 5. The van der Waals surface area contributed by atoms with Gasteiger partial charge >= 0.3 is 0 Å². The summed E-state index contributed by atoms with van der Waals surface area (Å²) in [5.41, 5.74) is 4.23. The molecule has 33 heavy (non-hydrogen) atoms. The molecule has 1 amide bonds. The number of anilines is 2. The summed E-state index contributed by atoms with van der Waals surface area (Å²) < 4.78 is 11.2. The zero-order valence-electron chi connectivity index (χ0n) is 18.2. The number of pyridine rings is 1. The van der Waals surface area contributed by atoms with Crippen molar-refractivity contribution in [3.05, 3.63) is 96.7 Å². The SMILES string of the molecule is CNc1ccc(Oc2ccc(NC(=O)c3ccc(-c4ccccc4)cc3)cn2)c(OC)c1.Cl. The second-order valence-corrected chi connectivity index (χ2v) is 7.00. The molecule has 2 N–H and O–H groups in total. The van der Waals surface area contributed by atoms with Gasteiger partial charge in [-0.15, -0.1) is 12.4 Å². The predicted octanol–water partition coefficient (Wildman–Crippen LogP) is 6.27. The van der Waals surface area contributed by atoms with Crippen LogP contribution in [0.5, 0.6) is 17.4 Å². The van der Waals surface area contributed by atoms with Crippen molar-refractivity contribution in [1.82, 2.24) is 4.98 Å². The molecule has 6 nitrogen and oxygen atoms in total. The van der Waals surface area contributed by atoms with Gasteiger partial charge in [-0.3, -0.25) is 4.79 Å². The van der Waals surface area contributed by atoms with Gasteiger partial charge in [0, 0.05) is 30.4 Å². The van der Waals surface area contributed by atoms with Crippen LogP contribution in [-0.4, -0.2) is 25.0 Å². The minimum atomic E-state index is -0.204. The topological polar surface area (TPSA) is 72.5 Å². The maximum atomic E-state index is 12.6. The average Bonchev–Trinajstić information content (AvgIpc) is 2.86. The molecule has 0 atom stereocenters. The van der Waals surface area contributed by atoms with E-state index in [0.717, 1.165) is 16.8 Å². The number of amides is 1. The van der Waals surface area contributed by atoms with Gasteiger partial charge in [0.1, 0.15) is 0 Å². The van der Waals surface area contributed by atoms with E-state index in [1.807, 2.05) is 73.8 Å². The summed E-state index contributed by atoms with van der Waals surface area (Å²) in [6, 6.07) is 26.5. The van der Waals surface area contributed by atoms with Crippen molar-refractivity contribution in [3.63, 3.8) is 0 Å². The molecule has 0 saturated heterocycles. The fourth-order valence-electron chi connectivity index (χ4n) is 3.18. The number of ether oxygens (including phenoxy) is 2. The number of carbonyl (C=O) groups is 1. The lowest BCUT2D eigenvalue weighted by molar-refractivity contribution is 0.102. The van der Waals surface area contributed by atoms with Crippen molar-refractivity contribution in [1.29, 1.82) is 0 Å². The highest BCUT2D eigenvalue weighted by Gasteiger charge is 2.10. The first-order valence-corrected chi connectivity index (χ1v) is 10.1. The molecule has 0 aliphatic carbocycles. The summed E-state index contributed by atoms with van der Waals surface area (Å²) in [4.78, 5) is 16.9. The Labute approximate surface area is 199 Å². The first-order valence-electron chi connectivity index (χ1n) is 10.1. The fourth-order valence-corrected chi connectivity index (χ4v) is 3.18. The number of rotatable bonds is 7. The van der Waals surface area contributed by atoms with Gasteiger partial charge in [-0.2, -0.15) is 0 Å². The van der Waals surface area contributed by atoms with E-state index < -0.39 is 0 Å². The molecule has 4 aromatic rings. The summed E-state index contributed by atoms with van der Waals surface area (Å²) in [6.07, 6.45) is 1.56. The highest BCUT2D eigenvalue weighted by molar-refractivity contribution is 6.04. The molecule has 0 spiro atoms. The van der Waals surface area contributed by atoms with Crippen molar-refractivity contribution in [2.45, 2.75) is 0 Å². The first kappa shape index (κ1) is 23.6. The summed E-state index contributed by atoms with van der Waals surface area (Å²) in [5, 5.41) is 5.91. The monoisotopic (exact) mass is 461 g/mol. The molecule has 1 heterocycles. The van der Waals surface area contributed by atoms with Crippen LogP contribution in [0.15, 0.2) is 91.1 Å². The van der Waals surface area contributed by atoms with E-state index in [9.17, 15) is 4.79 Å². The Morgan fingerprint density at radius 3 is 2.15 bits per heavy atom. The summed E-state index contributed by atoms with van der Waals surface area (Å²) >= 11 is 0. The summed E-state index contributed by atoms with van der Waals surface area (Å²) in [7, 11) is 3.42. The molecule has 0 aliphatic rings. The number of methoxy groups -OCH3 is 1. The molecular weight excluding hydrogens is 438 g/mol. The van der Waals surface area contributed by atoms with E-state index in [4.69, 9.17) is 9.47 Å². The van der Waals surface area contributed by atoms with Crippen LogP contribution in [0.25, 0.3) is 11.1 Å². The first-order chi connectivity index (χ1) is 15.7. The third kappa shape index (κ3) is 5.81. The van der Waals surface area contributed by atoms with E-state index in [2.05, 4.69) is 15.6 Å². The normalized spacial score (nSPS) is 10.0. The van der Waals surface area contributed by atoms with Crippen molar-refractivity contribution < 1.29 is 14.3 Å². The van der Waals surface area contributed by atoms with Gasteiger partial charge in [-0.1, -0.05) is 42.5 Å². The highest BCUT2D eigenvalue weighted by Crippen LogP contribution is 2.33. The van der Waals surface area contributed by atoms with Crippen LogP contribution in [0.4, 0.5) is 11.4 Å². The predicted molar refractivity (Wildman–Crippen MR) is 134 cm³/mol. The van der Waals surface area contributed by atoms with Gasteiger partial charge in [-0.25, -0.2) is 4.98 Å². The van der Waals surface area contributed by atoms with Gasteiger partial charge in [0.2, 0.25) is 5.88 Å². The van der Waals surface area contributed by atoms with Crippen LogP contribution >= 0.6 is 12.4 Å². The average molecular weight is 462 g/mol. The minimum absolute atomic E-state index is 0. The zero-order valence-corrected chi connectivity index (χ0v) is 19.1. The zero-order chi connectivity index (χ0) is 22.3. The molecular formula is C26H24ClN3O3. The Balaban J connectivity index is 0.00000306. The largest absolute Gasteiger partial charge is 0.493 e. The Morgan fingerprint density at radius 2 is 1.52 bits per heavy atom. The van der Waals surface area contributed by atoms with E-state index >= 15 is 0 Å². The molecule has 168 valence electrons. The number of nitrogens with one attached hydrogen (secondary N) is 2. The van der Waals surface area contributed by atoms with Gasteiger partial charge in [0.15, 0.2) is 11.5 Å². The van der Waals surface area contributed by atoms with Crippen LogP contribution in [0.1, 0.15) is 10.4 Å². The standard InChI is InChI=1S/C26H23N3O3.ClH/c1-27-21-12-14-23(24(16-21)31-2)32-25-15-13-22(17-28-25)29-26(30)20-10-8-19(9-11-20)18-6-4-3-5-7-18;/h3-17,27H,1-2H3,(H,29,30);1H. The molecule has 0 fully saturated rings. The number of hydrogen-bond donors (Lipinski definition) is 2. The Hall–Kier alpha value is -4.03. The van der Waals surface area contributed by atoms with Gasteiger partial charge in [-0.05, 0) is 41.5 Å². The molecule has 0 saturated carbocycles. The number of benzene rings is 3. The van der Waals surface area contributed by atoms with Crippen LogP contribution < -0.4 is 20.1 Å². The van der Waals surface area contributed by atoms with E-state index in [1.54, 1.807) is 31.5 Å². The summed E-state index contributed by atoms with van der Waals surface area (Å²) in [6.45, 7) is 0. The molecule has 0 radical (unpaired) electrons. The Bertz CT molecular complexity index is 1200. The third-order valence-corrected chi connectivity index (χ3v) is 4.92. The van der Waals surface area contributed by atoms with Gasteiger partial charge in [0.05, 0.1) is 19.0 Å². The third-order valence-electron chi connectivity index (χ3n) is 4.92. The van der Waals surface area contributed by atoms with Crippen LogP contribution in [0, 0.1) is 0 Å². The molecule has 1 aromatic heterocycles. The maximum Gasteiger partial charge on any atom is 0.255 e. The molecule has 0 bridgehead atoms. The van der Waals surface area contributed by atoms with Crippen molar-refractivity contribution in [2.75, 3.05) is 24.8 Å². The molecule has 4 rings (SSSR count). The second-order valence-electron chi connectivity index (χ2n) is 7.00. The van der Waals surface area contributed by atoms with E-state index in [-0.39, 0.29) is 18.3 Å². The maximum absolute atomic E-state index is 12.6. The number of halogens is 1. The molecule has 3 aromatic carbocycles. The molecule has 7 heteroatoms. The number of aromatic nitrogens is 1. The van der Waals surface area contributed by atoms with E-state index in [0.29, 0.717) is 28.6 Å². The lowest BCUT2D eigenvalue weighted by Gasteiger charge is -2.12. The molecule has 0 unspecified atom stereocenters.